The zero-order chi connectivity index (χ0) is 20.2. The molecule has 7 heteroatoms. The highest BCUT2D eigenvalue weighted by atomic mass is 35.5. The van der Waals surface area contributed by atoms with Crippen LogP contribution in [0, 0.1) is 0 Å². The Labute approximate surface area is 173 Å². The van der Waals surface area contributed by atoms with Gasteiger partial charge in [-0.2, -0.15) is 0 Å². The molecule has 2 heterocycles. The molecule has 2 aromatic carbocycles. The van der Waals surface area contributed by atoms with Crippen LogP contribution in [-0.4, -0.2) is 32.3 Å². The first-order valence-corrected chi connectivity index (χ1v) is 9.82. The van der Waals surface area contributed by atoms with Gasteiger partial charge in [-0.15, -0.1) is 0 Å². The van der Waals surface area contributed by atoms with Gasteiger partial charge in [-0.25, -0.2) is 4.99 Å². The molecule has 1 N–H and O–H groups in total. The summed E-state index contributed by atoms with van der Waals surface area (Å²) >= 11 is 6.10. The van der Waals surface area contributed by atoms with Crippen molar-refractivity contribution in [2.45, 2.75) is 18.9 Å². The molecular weight excluding hydrogens is 392 g/mol. The molecule has 0 spiro atoms. The van der Waals surface area contributed by atoms with E-state index in [9.17, 15) is 4.79 Å². The van der Waals surface area contributed by atoms with Crippen molar-refractivity contribution in [1.82, 2.24) is 5.32 Å². The summed E-state index contributed by atoms with van der Waals surface area (Å²) in [6, 6.07) is 14.2. The summed E-state index contributed by atoms with van der Waals surface area (Å²) in [5, 5.41) is 4.23. The second-order valence-corrected chi connectivity index (χ2v) is 7.24. The summed E-state index contributed by atoms with van der Waals surface area (Å²) in [7, 11) is 1.60. The van der Waals surface area contributed by atoms with Crippen LogP contribution in [0.4, 0.5) is 5.69 Å². The molecule has 3 aromatic rings. The molecule has 1 saturated heterocycles. The number of carbonyl (C=O) groups is 1. The molecule has 150 valence electrons. The van der Waals surface area contributed by atoms with E-state index < -0.39 is 0 Å². The van der Waals surface area contributed by atoms with E-state index in [1.807, 2.05) is 0 Å². The van der Waals surface area contributed by atoms with Gasteiger partial charge in [0.15, 0.2) is 0 Å². The largest absolute Gasteiger partial charge is 0.497 e. The Hall–Kier alpha value is -2.83. The van der Waals surface area contributed by atoms with E-state index in [4.69, 9.17) is 25.5 Å². The zero-order valence-corrected chi connectivity index (χ0v) is 16.7. The predicted molar refractivity (Wildman–Crippen MR) is 111 cm³/mol. The number of methoxy groups -OCH3 is 1. The fraction of sp³-hybridized carbons (Fsp3) is 0.273. The molecule has 0 bridgehead atoms. The van der Waals surface area contributed by atoms with Crippen LogP contribution in [-0.2, 0) is 4.74 Å². The van der Waals surface area contributed by atoms with Gasteiger partial charge in [0.05, 0.1) is 18.9 Å². The number of carbonyl (C=O) groups excluding carboxylic acids is 1. The van der Waals surface area contributed by atoms with Crippen LogP contribution in [0.1, 0.15) is 23.2 Å². The Bertz CT molecular complexity index is 1090. The maximum atomic E-state index is 12.9. The monoisotopic (exact) mass is 412 g/mol. The smallest absolute Gasteiger partial charge is 0.256 e. The molecule has 0 aliphatic carbocycles. The van der Waals surface area contributed by atoms with Crippen LogP contribution in [0.3, 0.4) is 0 Å². The van der Waals surface area contributed by atoms with Gasteiger partial charge in [0, 0.05) is 23.6 Å². The summed E-state index contributed by atoms with van der Waals surface area (Å²) in [6.07, 6.45) is 2.01. The molecule has 0 saturated carbocycles. The van der Waals surface area contributed by atoms with Crippen molar-refractivity contribution in [2.24, 2.45) is 4.99 Å². The van der Waals surface area contributed by atoms with E-state index in [0.717, 1.165) is 30.6 Å². The van der Waals surface area contributed by atoms with E-state index in [0.29, 0.717) is 28.4 Å². The number of nitrogens with zero attached hydrogens (tertiary/aromatic N) is 1. The molecule has 1 fully saturated rings. The van der Waals surface area contributed by atoms with Gasteiger partial charge in [-0.3, -0.25) is 4.79 Å². The molecule has 1 atom stereocenters. The number of nitrogens with one attached hydrogen (secondary N) is 1. The Balaban J connectivity index is 1.73. The van der Waals surface area contributed by atoms with Gasteiger partial charge in [0.1, 0.15) is 16.9 Å². The highest BCUT2D eigenvalue weighted by Crippen LogP contribution is 2.21. The molecule has 1 amide bonds. The molecule has 29 heavy (non-hydrogen) atoms. The highest BCUT2D eigenvalue weighted by molar-refractivity contribution is 6.31. The van der Waals surface area contributed by atoms with Crippen molar-refractivity contribution < 1.29 is 18.7 Å². The van der Waals surface area contributed by atoms with Crippen LogP contribution in [0.15, 0.2) is 57.9 Å². The molecule has 4 rings (SSSR count). The number of fused-ring (bicyclic) bond motifs is 1. The summed E-state index contributed by atoms with van der Waals surface area (Å²) in [5.41, 5.74) is 1.82. The van der Waals surface area contributed by atoms with Crippen molar-refractivity contribution >= 4 is 34.2 Å². The van der Waals surface area contributed by atoms with Gasteiger partial charge in [-0.1, -0.05) is 11.6 Å². The molecular formula is C22H21ClN2O4. The van der Waals surface area contributed by atoms with Crippen LogP contribution >= 0.6 is 11.6 Å². The third-order valence-corrected chi connectivity index (χ3v) is 5.01. The molecule has 0 unspecified atom stereocenters. The van der Waals surface area contributed by atoms with Crippen molar-refractivity contribution in [3.8, 4) is 5.75 Å². The second kappa shape index (κ2) is 8.68. The number of ether oxygens (including phenoxy) is 2. The van der Waals surface area contributed by atoms with Crippen molar-refractivity contribution in [3.63, 3.8) is 0 Å². The maximum Gasteiger partial charge on any atom is 0.256 e. The normalized spacial score (nSPS) is 16.9. The first-order valence-electron chi connectivity index (χ1n) is 9.44. The number of amides is 1. The van der Waals surface area contributed by atoms with Crippen LogP contribution in [0.25, 0.3) is 11.0 Å². The Kier molecular flexibility index (Phi) is 5.83. The fourth-order valence-electron chi connectivity index (χ4n) is 3.23. The first kappa shape index (κ1) is 19.5. The zero-order valence-electron chi connectivity index (χ0n) is 16.0. The number of hydrogen-bond acceptors (Lipinski definition) is 5. The molecule has 0 radical (unpaired) electrons. The van der Waals surface area contributed by atoms with Crippen molar-refractivity contribution in [1.29, 1.82) is 0 Å². The third kappa shape index (κ3) is 4.60. The van der Waals surface area contributed by atoms with Crippen LogP contribution < -0.4 is 15.6 Å². The standard InChI is InChI=1S/C22H21ClN2O4/c1-27-17-7-5-16(6-8-17)25-22-19(21(26)24-13-18-3-2-10-28-18)12-14-11-15(23)4-9-20(14)29-22/h4-9,11-12,18H,2-3,10,13H2,1H3,(H,24,26)/t18-/m1/s1. The predicted octanol–water partition coefficient (Wildman–Crippen LogP) is 4.24. The molecule has 1 aliphatic heterocycles. The molecule has 1 aliphatic rings. The van der Waals surface area contributed by atoms with E-state index in [1.165, 1.54) is 0 Å². The Morgan fingerprint density at radius 3 is 2.79 bits per heavy atom. The first-order chi connectivity index (χ1) is 14.1. The lowest BCUT2D eigenvalue weighted by atomic mass is 10.1. The number of benzene rings is 2. The van der Waals surface area contributed by atoms with Gasteiger partial charge >= 0.3 is 0 Å². The summed E-state index contributed by atoms with van der Waals surface area (Å²) < 4.78 is 16.7. The lowest BCUT2D eigenvalue weighted by Gasteiger charge is -2.11. The third-order valence-electron chi connectivity index (χ3n) is 4.77. The summed E-state index contributed by atoms with van der Waals surface area (Å²) in [6.45, 7) is 1.19. The van der Waals surface area contributed by atoms with Crippen molar-refractivity contribution in [2.75, 3.05) is 20.3 Å². The van der Waals surface area contributed by atoms with E-state index >= 15 is 0 Å². The molecule has 1 aromatic heterocycles. The van der Waals surface area contributed by atoms with E-state index in [-0.39, 0.29) is 17.6 Å². The second-order valence-electron chi connectivity index (χ2n) is 6.80. The van der Waals surface area contributed by atoms with Gasteiger partial charge < -0.3 is 19.2 Å². The average Bonchev–Trinajstić information content (AvgIpc) is 3.26. The lowest BCUT2D eigenvalue weighted by Crippen LogP contribution is -2.34. The summed E-state index contributed by atoms with van der Waals surface area (Å²) in [4.78, 5) is 17.4. The summed E-state index contributed by atoms with van der Waals surface area (Å²) in [5.74, 6) is 0.460. The van der Waals surface area contributed by atoms with Gasteiger partial charge in [0.2, 0.25) is 5.55 Å². The van der Waals surface area contributed by atoms with E-state index in [1.54, 1.807) is 55.6 Å². The quantitative estimate of drug-likeness (QED) is 0.680. The topological polar surface area (TPSA) is 73.1 Å². The number of rotatable bonds is 5. The Morgan fingerprint density at radius 2 is 2.07 bits per heavy atom. The highest BCUT2D eigenvalue weighted by Gasteiger charge is 2.18. The van der Waals surface area contributed by atoms with Crippen LogP contribution in [0.5, 0.6) is 5.75 Å². The van der Waals surface area contributed by atoms with Gasteiger partial charge in [0.25, 0.3) is 5.91 Å². The maximum absolute atomic E-state index is 12.9. The minimum atomic E-state index is -0.265. The number of halogens is 1. The van der Waals surface area contributed by atoms with Gasteiger partial charge in [-0.05, 0) is 61.4 Å². The Morgan fingerprint density at radius 1 is 1.24 bits per heavy atom. The van der Waals surface area contributed by atoms with E-state index in [2.05, 4.69) is 10.3 Å². The van der Waals surface area contributed by atoms with Crippen molar-refractivity contribution in [3.05, 3.63) is 64.7 Å². The minimum Gasteiger partial charge on any atom is -0.497 e. The molecule has 6 nitrogen and oxygen atoms in total. The SMILES string of the molecule is COc1ccc(N=c2oc3ccc(Cl)cc3cc2C(=O)NC[C@H]2CCCO2)cc1. The minimum absolute atomic E-state index is 0.0489. The van der Waals surface area contributed by atoms with Crippen LogP contribution in [0.2, 0.25) is 5.02 Å². The average molecular weight is 413 g/mol. The fourth-order valence-corrected chi connectivity index (χ4v) is 3.41. The lowest BCUT2D eigenvalue weighted by molar-refractivity contribution is 0.0854. The number of hydrogen-bond donors (Lipinski definition) is 1.